The van der Waals surface area contributed by atoms with Crippen molar-refractivity contribution in [2.75, 3.05) is 26.3 Å². The molecule has 40 heavy (non-hydrogen) atoms. The van der Waals surface area contributed by atoms with E-state index in [1.807, 2.05) is 27.7 Å². The minimum Gasteiger partial charge on any atom is -0.442 e. The maximum Gasteiger partial charge on any atom is 0.410 e. The minimum absolute atomic E-state index is 0.0151. The van der Waals surface area contributed by atoms with Crippen LogP contribution >= 0.6 is 0 Å². The maximum atomic E-state index is 12.6. The highest BCUT2D eigenvalue weighted by Crippen LogP contribution is 2.29. The predicted octanol–water partition coefficient (Wildman–Crippen LogP) is 3.52. The highest BCUT2D eigenvalue weighted by molar-refractivity contribution is 6.39. The molecular weight excluding hydrogens is 516 g/mol. The lowest BCUT2D eigenvalue weighted by Gasteiger charge is -2.39. The van der Waals surface area contributed by atoms with Crippen molar-refractivity contribution in [2.24, 2.45) is 5.92 Å². The summed E-state index contributed by atoms with van der Waals surface area (Å²) in [6, 6.07) is -0.130. The van der Waals surface area contributed by atoms with E-state index in [0.717, 1.165) is 18.4 Å². The molecule has 3 heterocycles. The lowest BCUT2D eigenvalue weighted by Crippen LogP contribution is -2.50. The smallest absolute Gasteiger partial charge is 0.410 e. The zero-order valence-electron chi connectivity index (χ0n) is 24.8. The van der Waals surface area contributed by atoms with Crippen LogP contribution < -0.4 is 5.32 Å². The van der Waals surface area contributed by atoms with Gasteiger partial charge in [-0.25, -0.2) is 4.79 Å². The number of carbonyl (C=O) groups excluding carboxylic acids is 4. The molecule has 0 aromatic carbocycles. The zero-order chi connectivity index (χ0) is 29.4. The standard InChI is InChI=1S/C30H46N2O8/c1-19(8-11-26-28(35)24(33)18-30(5,6)40-26)7-10-25-20(2)17-23(22(4)39-25)31-27(34)12-9-21(3)38-29(36)32-13-15-37-16-14-32/h7,9,12,20-23,25-26H,8,10-11,13-18H2,1-6H3,(H,31,34)/t20-,21-,22+,23+,25-,26?/m0/s1. The van der Waals surface area contributed by atoms with Gasteiger partial charge in [-0.2, -0.15) is 0 Å². The van der Waals surface area contributed by atoms with E-state index < -0.39 is 29.7 Å². The van der Waals surface area contributed by atoms with Crippen molar-refractivity contribution in [3.8, 4) is 0 Å². The summed E-state index contributed by atoms with van der Waals surface area (Å²) in [6.07, 6.45) is 6.14. The van der Waals surface area contributed by atoms with Crippen molar-refractivity contribution < 1.29 is 38.1 Å². The van der Waals surface area contributed by atoms with E-state index in [1.54, 1.807) is 17.9 Å². The second kappa shape index (κ2) is 14.4. The normalized spacial score (nSPS) is 30.3. The summed E-state index contributed by atoms with van der Waals surface area (Å²) < 4.78 is 22.8. The van der Waals surface area contributed by atoms with Crippen LogP contribution in [0.5, 0.6) is 0 Å². The van der Waals surface area contributed by atoms with Crippen LogP contribution in [0.1, 0.15) is 73.6 Å². The van der Waals surface area contributed by atoms with Crippen LogP contribution in [-0.2, 0) is 33.3 Å². The van der Waals surface area contributed by atoms with E-state index in [9.17, 15) is 19.2 Å². The Bertz CT molecular complexity index is 984. The first-order valence-electron chi connectivity index (χ1n) is 14.4. The van der Waals surface area contributed by atoms with E-state index in [2.05, 4.69) is 18.3 Å². The molecule has 3 aliphatic heterocycles. The molecule has 0 aromatic heterocycles. The van der Waals surface area contributed by atoms with Gasteiger partial charge in [0.2, 0.25) is 17.5 Å². The van der Waals surface area contributed by atoms with Crippen molar-refractivity contribution in [3.05, 3.63) is 23.8 Å². The molecule has 0 aromatic rings. The molecule has 2 amide bonds. The number of hydrogen-bond donors (Lipinski definition) is 1. The molecule has 3 saturated heterocycles. The zero-order valence-corrected chi connectivity index (χ0v) is 24.8. The topological polar surface area (TPSA) is 120 Å². The number of ether oxygens (including phenoxy) is 4. The Labute approximate surface area is 237 Å². The van der Waals surface area contributed by atoms with Gasteiger partial charge in [-0.15, -0.1) is 0 Å². The molecule has 1 N–H and O–H groups in total. The molecule has 0 aliphatic carbocycles. The van der Waals surface area contributed by atoms with Crippen LogP contribution in [0.15, 0.2) is 23.8 Å². The molecule has 0 spiro atoms. The second-order valence-electron chi connectivity index (χ2n) is 11.9. The number of allylic oxidation sites excluding steroid dienone is 1. The Kier molecular flexibility index (Phi) is 11.5. The predicted molar refractivity (Wildman–Crippen MR) is 149 cm³/mol. The third-order valence-electron chi connectivity index (χ3n) is 7.73. The first-order valence-corrected chi connectivity index (χ1v) is 14.4. The van der Waals surface area contributed by atoms with Crippen molar-refractivity contribution in [1.29, 1.82) is 0 Å². The van der Waals surface area contributed by atoms with Gasteiger partial charge in [-0.05, 0) is 72.3 Å². The molecular formula is C30H46N2O8. The third kappa shape index (κ3) is 9.52. The van der Waals surface area contributed by atoms with Gasteiger partial charge >= 0.3 is 6.09 Å². The van der Waals surface area contributed by atoms with Crippen molar-refractivity contribution in [1.82, 2.24) is 10.2 Å². The van der Waals surface area contributed by atoms with Crippen LogP contribution in [0.4, 0.5) is 4.79 Å². The molecule has 0 bridgehead atoms. The SMILES string of the molecule is CC(=CC[C@@H]1O[C@H](C)[C@H](NC(=O)C=C[C@H](C)OC(=O)N2CCOCC2)C[C@@H]1C)CCC1OC(C)(C)CC(=O)C1=O. The monoisotopic (exact) mass is 562 g/mol. The third-order valence-corrected chi connectivity index (χ3v) is 7.73. The minimum atomic E-state index is -0.678. The van der Waals surface area contributed by atoms with Gasteiger partial charge in [0.15, 0.2) is 0 Å². The van der Waals surface area contributed by atoms with Crippen molar-refractivity contribution >= 4 is 23.6 Å². The van der Waals surface area contributed by atoms with E-state index >= 15 is 0 Å². The van der Waals surface area contributed by atoms with Crippen LogP contribution in [0, 0.1) is 5.92 Å². The van der Waals surface area contributed by atoms with Gasteiger partial charge in [0, 0.05) is 25.6 Å². The number of amides is 2. The highest BCUT2D eigenvalue weighted by atomic mass is 16.6. The number of nitrogens with one attached hydrogen (secondary N) is 1. The first kappa shape index (κ1) is 32.0. The molecule has 1 unspecified atom stereocenters. The number of Topliss-reactive ketones (excluding diaryl/α,β-unsaturated/α-hetero) is 2. The van der Waals surface area contributed by atoms with Gasteiger partial charge < -0.3 is 29.2 Å². The average molecular weight is 563 g/mol. The fourth-order valence-electron chi connectivity index (χ4n) is 5.29. The maximum absolute atomic E-state index is 12.6. The molecule has 224 valence electrons. The summed E-state index contributed by atoms with van der Waals surface area (Å²) in [6.45, 7) is 13.5. The lowest BCUT2D eigenvalue weighted by molar-refractivity contribution is -0.165. The van der Waals surface area contributed by atoms with Gasteiger partial charge in [0.1, 0.15) is 12.2 Å². The molecule has 0 saturated carbocycles. The fourth-order valence-corrected chi connectivity index (χ4v) is 5.29. The molecule has 6 atom stereocenters. The molecule has 10 heteroatoms. The van der Waals surface area contributed by atoms with Gasteiger partial charge in [-0.3, -0.25) is 14.4 Å². The van der Waals surface area contributed by atoms with E-state index in [1.165, 1.54) is 6.08 Å². The van der Waals surface area contributed by atoms with E-state index in [-0.39, 0.29) is 42.3 Å². The highest BCUT2D eigenvalue weighted by Gasteiger charge is 2.40. The fraction of sp³-hybridized carbons (Fsp3) is 0.733. The van der Waals surface area contributed by atoms with Gasteiger partial charge in [0.25, 0.3) is 0 Å². The number of rotatable bonds is 9. The molecule has 3 fully saturated rings. The number of carbonyl (C=O) groups is 4. The van der Waals surface area contributed by atoms with E-state index in [0.29, 0.717) is 39.1 Å². The van der Waals surface area contributed by atoms with Gasteiger partial charge in [0.05, 0.1) is 37.1 Å². The summed E-state index contributed by atoms with van der Waals surface area (Å²) in [5.41, 5.74) is 0.518. The van der Waals surface area contributed by atoms with E-state index in [4.69, 9.17) is 18.9 Å². The van der Waals surface area contributed by atoms with Crippen LogP contribution in [0.25, 0.3) is 0 Å². The Balaban J connectivity index is 1.41. The number of hydrogen-bond acceptors (Lipinski definition) is 8. The van der Waals surface area contributed by atoms with Crippen LogP contribution in [-0.4, -0.2) is 90.8 Å². The quantitative estimate of drug-likeness (QED) is 0.258. The Morgan fingerprint density at radius 2 is 1.90 bits per heavy atom. The lowest BCUT2D eigenvalue weighted by atomic mass is 9.87. The Morgan fingerprint density at radius 3 is 2.60 bits per heavy atom. The Morgan fingerprint density at radius 1 is 1.20 bits per heavy atom. The summed E-state index contributed by atoms with van der Waals surface area (Å²) in [7, 11) is 0. The summed E-state index contributed by atoms with van der Waals surface area (Å²) in [5, 5.41) is 3.02. The second-order valence-corrected chi connectivity index (χ2v) is 11.9. The number of morpholine rings is 1. The largest absolute Gasteiger partial charge is 0.442 e. The van der Waals surface area contributed by atoms with Crippen molar-refractivity contribution in [3.63, 3.8) is 0 Å². The molecule has 0 radical (unpaired) electrons. The first-order chi connectivity index (χ1) is 18.8. The molecule has 3 aliphatic rings. The summed E-state index contributed by atoms with van der Waals surface area (Å²) in [4.78, 5) is 50.6. The number of nitrogens with zero attached hydrogens (tertiary/aromatic N) is 1. The molecule has 10 nitrogen and oxygen atoms in total. The van der Waals surface area contributed by atoms with Gasteiger partial charge in [-0.1, -0.05) is 18.6 Å². The number of ketones is 2. The van der Waals surface area contributed by atoms with Crippen molar-refractivity contribution in [2.45, 2.75) is 110 Å². The average Bonchev–Trinajstić information content (AvgIpc) is 2.90. The summed E-state index contributed by atoms with van der Waals surface area (Å²) >= 11 is 0. The van der Waals surface area contributed by atoms with Crippen LogP contribution in [0.2, 0.25) is 0 Å². The molecule has 3 rings (SSSR count). The Hall–Kier alpha value is -2.56. The summed E-state index contributed by atoms with van der Waals surface area (Å²) in [5.74, 6) is -0.793. The van der Waals surface area contributed by atoms with Crippen LogP contribution in [0.3, 0.4) is 0 Å².